The fourth-order valence-electron chi connectivity index (χ4n) is 5.77. The Labute approximate surface area is 239 Å². The van der Waals surface area contributed by atoms with Crippen LogP contribution >= 0.6 is 7.92 Å². The van der Waals surface area contributed by atoms with Crippen molar-refractivity contribution in [2.45, 2.75) is 32.4 Å². The van der Waals surface area contributed by atoms with E-state index in [1.807, 2.05) is 0 Å². The Morgan fingerprint density at radius 1 is 0.575 bits per heavy atom. The van der Waals surface area contributed by atoms with Gasteiger partial charge in [-0.05, 0) is 35.3 Å². The Bertz CT molecular complexity index is 1510. The van der Waals surface area contributed by atoms with Gasteiger partial charge in [-0.3, -0.25) is 0 Å². The number of aliphatic imine (C=N–C) groups is 1. The van der Waals surface area contributed by atoms with Crippen molar-refractivity contribution in [2.75, 3.05) is 0 Å². The number of rotatable bonds is 6. The monoisotopic (exact) mass is 539 g/mol. The summed E-state index contributed by atoms with van der Waals surface area (Å²) < 4.78 is 7.27. The second-order valence-corrected chi connectivity index (χ2v) is 13.5. The van der Waals surface area contributed by atoms with Crippen LogP contribution in [0.4, 0.5) is 0 Å². The number of ether oxygens (including phenoxy) is 1. The van der Waals surface area contributed by atoms with Crippen molar-refractivity contribution >= 4 is 29.7 Å². The van der Waals surface area contributed by atoms with E-state index in [-0.39, 0.29) is 11.5 Å². The molecule has 1 aliphatic heterocycles. The predicted molar refractivity (Wildman–Crippen MR) is 170 cm³/mol. The standard InChI is InChI=1S/C37H34NOP/c1-36(2,3)35-37(28-18-8-4-9-19-28,29-20-10-5-11-21-29)39-34(38-35)32-26-16-17-27-33(32)40(30-22-12-6-13-23-30)31-24-14-7-15-25-31/h4-27,35H,1-3H3/t35-/m0/s1. The van der Waals surface area contributed by atoms with Gasteiger partial charge >= 0.3 is 0 Å². The van der Waals surface area contributed by atoms with Gasteiger partial charge in [0.25, 0.3) is 0 Å². The van der Waals surface area contributed by atoms with Crippen molar-refractivity contribution in [3.05, 3.63) is 162 Å². The molecule has 0 aromatic heterocycles. The van der Waals surface area contributed by atoms with E-state index in [2.05, 4.69) is 166 Å². The summed E-state index contributed by atoms with van der Waals surface area (Å²) in [5, 5.41) is 3.86. The van der Waals surface area contributed by atoms with Gasteiger partial charge in [-0.1, -0.05) is 160 Å². The van der Waals surface area contributed by atoms with Gasteiger partial charge < -0.3 is 4.74 Å². The van der Waals surface area contributed by atoms with Gasteiger partial charge in [0.15, 0.2) is 5.60 Å². The van der Waals surface area contributed by atoms with E-state index in [1.54, 1.807) is 0 Å². The largest absolute Gasteiger partial charge is 0.459 e. The second-order valence-electron chi connectivity index (χ2n) is 11.3. The van der Waals surface area contributed by atoms with Gasteiger partial charge in [-0.2, -0.15) is 0 Å². The number of benzene rings is 5. The fraction of sp³-hybridized carbons (Fsp3) is 0.162. The molecule has 198 valence electrons. The molecule has 3 heteroatoms. The minimum atomic E-state index is -0.825. The summed E-state index contributed by atoms with van der Waals surface area (Å²) in [6.07, 6.45) is 0. The number of hydrogen-bond donors (Lipinski definition) is 0. The van der Waals surface area contributed by atoms with Gasteiger partial charge in [-0.15, -0.1) is 0 Å². The maximum absolute atomic E-state index is 7.27. The summed E-state index contributed by atoms with van der Waals surface area (Å²) in [5.74, 6) is 0.711. The van der Waals surface area contributed by atoms with E-state index in [0.29, 0.717) is 5.90 Å². The summed E-state index contributed by atoms with van der Waals surface area (Å²) >= 11 is 0. The van der Waals surface area contributed by atoms with Gasteiger partial charge in [-0.25, -0.2) is 4.99 Å². The number of nitrogens with zero attached hydrogens (tertiary/aromatic N) is 1. The van der Waals surface area contributed by atoms with E-state index in [9.17, 15) is 0 Å². The molecule has 0 saturated heterocycles. The number of hydrogen-bond acceptors (Lipinski definition) is 2. The molecule has 40 heavy (non-hydrogen) atoms. The molecule has 0 amide bonds. The van der Waals surface area contributed by atoms with Gasteiger partial charge in [0.1, 0.15) is 6.04 Å². The first-order chi connectivity index (χ1) is 19.5. The Kier molecular flexibility index (Phi) is 7.13. The summed E-state index contributed by atoms with van der Waals surface area (Å²) in [5.41, 5.74) is 2.39. The van der Waals surface area contributed by atoms with Crippen LogP contribution in [0.1, 0.15) is 37.5 Å². The van der Waals surface area contributed by atoms with Crippen LogP contribution in [0, 0.1) is 5.41 Å². The molecule has 0 fully saturated rings. The molecular formula is C37H34NOP. The lowest BCUT2D eigenvalue weighted by molar-refractivity contribution is 0.0556. The molecule has 0 N–H and O–H groups in total. The minimum Gasteiger partial charge on any atom is -0.459 e. The van der Waals surface area contributed by atoms with Gasteiger partial charge in [0.2, 0.25) is 5.90 Å². The Hall–Kier alpha value is -4.00. The zero-order valence-electron chi connectivity index (χ0n) is 23.2. The van der Waals surface area contributed by atoms with E-state index in [4.69, 9.17) is 9.73 Å². The molecule has 6 rings (SSSR count). The molecule has 0 saturated carbocycles. The van der Waals surface area contributed by atoms with Crippen molar-refractivity contribution in [2.24, 2.45) is 10.4 Å². The molecule has 0 radical (unpaired) electrons. The maximum atomic E-state index is 7.27. The van der Waals surface area contributed by atoms with Crippen LogP contribution in [0.25, 0.3) is 0 Å². The molecule has 2 nitrogen and oxygen atoms in total. The van der Waals surface area contributed by atoms with Gasteiger partial charge in [0, 0.05) is 16.7 Å². The summed E-state index contributed by atoms with van der Waals surface area (Å²) in [6, 6.07) is 51.4. The van der Waals surface area contributed by atoms with Crippen molar-refractivity contribution < 1.29 is 4.74 Å². The average Bonchev–Trinajstić information content (AvgIpc) is 3.42. The molecule has 1 aliphatic rings. The zero-order valence-corrected chi connectivity index (χ0v) is 24.1. The third-order valence-corrected chi connectivity index (χ3v) is 10.0. The topological polar surface area (TPSA) is 21.6 Å². The van der Waals surface area contributed by atoms with E-state index in [1.165, 1.54) is 15.9 Å². The lowest BCUT2D eigenvalue weighted by Gasteiger charge is -2.40. The van der Waals surface area contributed by atoms with Crippen LogP contribution in [-0.2, 0) is 10.3 Å². The minimum absolute atomic E-state index is 0.132. The SMILES string of the molecule is CC(C)(C)[C@@H]1N=C(c2ccccc2P(c2ccccc2)c2ccccc2)OC1(c1ccccc1)c1ccccc1. The van der Waals surface area contributed by atoms with Crippen molar-refractivity contribution in [1.82, 2.24) is 0 Å². The molecule has 5 aromatic rings. The fourth-order valence-corrected chi connectivity index (χ4v) is 8.21. The van der Waals surface area contributed by atoms with E-state index < -0.39 is 13.5 Å². The maximum Gasteiger partial charge on any atom is 0.218 e. The van der Waals surface area contributed by atoms with Gasteiger partial charge in [0.05, 0.1) is 0 Å². The van der Waals surface area contributed by atoms with Crippen LogP contribution < -0.4 is 15.9 Å². The van der Waals surface area contributed by atoms with Crippen LogP contribution in [0.3, 0.4) is 0 Å². The zero-order chi connectivity index (χ0) is 27.6. The Balaban J connectivity index is 1.56. The molecule has 1 heterocycles. The van der Waals surface area contributed by atoms with Crippen molar-refractivity contribution in [3.63, 3.8) is 0 Å². The molecular weight excluding hydrogens is 505 g/mol. The normalized spacial score (nSPS) is 16.4. The smallest absolute Gasteiger partial charge is 0.218 e. The molecule has 0 spiro atoms. The first kappa shape index (κ1) is 26.2. The summed E-state index contributed by atoms with van der Waals surface area (Å²) in [4.78, 5) is 5.47. The first-order valence-corrected chi connectivity index (χ1v) is 15.2. The van der Waals surface area contributed by atoms with Crippen LogP contribution in [-0.4, -0.2) is 11.9 Å². The van der Waals surface area contributed by atoms with Crippen LogP contribution in [0.5, 0.6) is 0 Å². The molecule has 1 atom stereocenters. The highest BCUT2D eigenvalue weighted by Crippen LogP contribution is 2.50. The highest BCUT2D eigenvalue weighted by molar-refractivity contribution is 7.80. The third kappa shape index (κ3) is 4.78. The van der Waals surface area contributed by atoms with E-state index >= 15 is 0 Å². The van der Waals surface area contributed by atoms with Crippen LogP contribution in [0.15, 0.2) is 151 Å². The second kappa shape index (κ2) is 10.9. The van der Waals surface area contributed by atoms with Crippen molar-refractivity contribution in [1.29, 1.82) is 0 Å². The van der Waals surface area contributed by atoms with Crippen LogP contribution in [0.2, 0.25) is 0 Å². The highest BCUT2D eigenvalue weighted by Gasteiger charge is 2.54. The first-order valence-electron chi connectivity index (χ1n) is 13.9. The average molecular weight is 540 g/mol. The Morgan fingerprint density at radius 3 is 1.48 bits per heavy atom. The van der Waals surface area contributed by atoms with E-state index in [0.717, 1.165) is 16.7 Å². The third-order valence-electron chi connectivity index (χ3n) is 7.52. The summed E-state index contributed by atoms with van der Waals surface area (Å²) in [7, 11) is -0.825. The lowest BCUT2D eigenvalue weighted by atomic mass is 9.70. The lowest BCUT2D eigenvalue weighted by Crippen LogP contribution is -2.45. The highest BCUT2D eigenvalue weighted by atomic mass is 31.1. The molecule has 0 unspecified atom stereocenters. The Morgan fingerprint density at radius 2 is 1.00 bits per heavy atom. The molecule has 5 aromatic carbocycles. The summed E-state index contributed by atoms with van der Waals surface area (Å²) in [6.45, 7) is 6.79. The molecule has 0 aliphatic carbocycles. The quantitative estimate of drug-likeness (QED) is 0.204. The van der Waals surface area contributed by atoms with Crippen molar-refractivity contribution in [3.8, 4) is 0 Å². The predicted octanol–water partition coefficient (Wildman–Crippen LogP) is 7.58. The molecule has 0 bridgehead atoms.